The highest BCUT2D eigenvalue weighted by Crippen LogP contribution is 2.20. The van der Waals surface area contributed by atoms with Crippen molar-refractivity contribution in [3.8, 4) is 5.75 Å². The molecule has 1 atom stereocenters. The van der Waals surface area contributed by atoms with Gasteiger partial charge in [-0.15, -0.1) is 11.8 Å². The van der Waals surface area contributed by atoms with Crippen molar-refractivity contribution >= 4 is 17.7 Å². The van der Waals surface area contributed by atoms with Crippen molar-refractivity contribution in [1.82, 2.24) is 10.6 Å². The minimum atomic E-state index is 0.0665. The molecule has 1 aromatic rings. The third-order valence-electron chi connectivity index (χ3n) is 2.63. The molecule has 0 saturated carbocycles. The fourth-order valence-electron chi connectivity index (χ4n) is 1.74. The monoisotopic (exact) mass is 252 g/mol. The highest BCUT2D eigenvalue weighted by molar-refractivity contribution is 8.00. The van der Waals surface area contributed by atoms with Gasteiger partial charge in [0.2, 0.25) is 5.91 Å². The average Bonchev–Trinajstić information content (AvgIpc) is 2.81. The number of aromatic hydroxyl groups is 1. The zero-order valence-electron chi connectivity index (χ0n) is 9.48. The first kappa shape index (κ1) is 12.3. The van der Waals surface area contributed by atoms with Crippen molar-refractivity contribution in [2.75, 3.05) is 18.8 Å². The average molecular weight is 252 g/mol. The van der Waals surface area contributed by atoms with Crippen LogP contribution in [0.25, 0.3) is 0 Å². The van der Waals surface area contributed by atoms with Gasteiger partial charge in [-0.2, -0.15) is 0 Å². The predicted octanol–water partition coefficient (Wildman–Crippen LogP) is 0.962. The fraction of sp³-hybridized carbons (Fsp3) is 0.417. The summed E-state index contributed by atoms with van der Waals surface area (Å²) in [5, 5.41) is 15.3. The van der Waals surface area contributed by atoms with Crippen LogP contribution in [0.2, 0.25) is 0 Å². The lowest BCUT2D eigenvalue weighted by molar-refractivity contribution is -0.119. The number of thioether (sulfide) groups is 1. The molecular formula is C12H16N2O2S. The van der Waals surface area contributed by atoms with Crippen LogP contribution in [-0.4, -0.2) is 35.9 Å². The molecule has 3 N–H and O–H groups in total. The van der Waals surface area contributed by atoms with Crippen molar-refractivity contribution in [2.24, 2.45) is 0 Å². The van der Waals surface area contributed by atoms with E-state index in [0.29, 0.717) is 5.75 Å². The Labute approximate surface area is 105 Å². The van der Waals surface area contributed by atoms with E-state index >= 15 is 0 Å². The molecule has 1 saturated heterocycles. The number of phenols is 1. The first-order chi connectivity index (χ1) is 8.24. The molecule has 1 aliphatic rings. The maximum Gasteiger partial charge on any atom is 0.230 e. The van der Waals surface area contributed by atoms with Gasteiger partial charge in [0, 0.05) is 17.5 Å². The van der Waals surface area contributed by atoms with Crippen LogP contribution >= 0.6 is 11.8 Å². The molecule has 0 spiro atoms. The molecule has 1 aliphatic heterocycles. The minimum Gasteiger partial charge on any atom is -0.508 e. The molecule has 4 nitrogen and oxygen atoms in total. The Balaban J connectivity index is 1.73. The molecule has 0 bridgehead atoms. The lowest BCUT2D eigenvalue weighted by Gasteiger charge is -2.10. The molecule has 0 aromatic heterocycles. The van der Waals surface area contributed by atoms with Crippen LogP contribution in [0, 0.1) is 0 Å². The first-order valence-electron chi connectivity index (χ1n) is 5.66. The topological polar surface area (TPSA) is 61.4 Å². The predicted molar refractivity (Wildman–Crippen MR) is 68.2 cm³/mol. The second kappa shape index (κ2) is 5.93. The lowest BCUT2D eigenvalue weighted by Crippen LogP contribution is -2.37. The number of carbonyl (C=O) groups is 1. The second-order valence-corrected chi connectivity index (χ2v) is 5.09. The molecule has 1 aromatic carbocycles. The highest BCUT2D eigenvalue weighted by Gasteiger charge is 2.16. The van der Waals surface area contributed by atoms with Gasteiger partial charge >= 0.3 is 0 Å². The molecule has 0 radical (unpaired) electrons. The number of benzene rings is 1. The van der Waals surface area contributed by atoms with E-state index in [4.69, 9.17) is 5.11 Å². The second-order valence-electron chi connectivity index (χ2n) is 4.04. The van der Waals surface area contributed by atoms with Crippen LogP contribution in [0.4, 0.5) is 0 Å². The van der Waals surface area contributed by atoms with Crippen LogP contribution in [0.5, 0.6) is 5.75 Å². The van der Waals surface area contributed by atoms with E-state index < -0.39 is 0 Å². The van der Waals surface area contributed by atoms with Gasteiger partial charge in [0.15, 0.2) is 0 Å². The quantitative estimate of drug-likeness (QED) is 0.699. The Morgan fingerprint density at radius 3 is 2.88 bits per heavy atom. The summed E-state index contributed by atoms with van der Waals surface area (Å²) in [5.74, 6) is 0.731. The largest absolute Gasteiger partial charge is 0.508 e. The number of amides is 1. The fourth-order valence-corrected chi connectivity index (χ4v) is 2.45. The number of carbonyl (C=O) groups excluding carboxylic acids is 1. The van der Waals surface area contributed by atoms with Gasteiger partial charge in [0.1, 0.15) is 5.75 Å². The van der Waals surface area contributed by atoms with E-state index in [1.807, 2.05) is 12.1 Å². The van der Waals surface area contributed by atoms with Crippen molar-refractivity contribution < 1.29 is 9.90 Å². The molecule has 5 heteroatoms. The summed E-state index contributed by atoms with van der Waals surface area (Å²) in [6.45, 7) is 1.85. The lowest BCUT2D eigenvalue weighted by atomic mass is 10.3. The molecule has 92 valence electrons. The molecule has 1 fully saturated rings. The maximum absolute atomic E-state index is 11.6. The van der Waals surface area contributed by atoms with Crippen molar-refractivity contribution in [1.29, 1.82) is 0 Å². The van der Waals surface area contributed by atoms with Gasteiger partial charge in [0.05, 0.1) is 5.75 Å². The van der Waals surface area contributed by atoms with Crippen molar-refractivity contribution in [2.45, 2.75) is 17.4 Å². The summed E-state index contributed by atoms with van der Waals surface area (Å²) < 4.78 is 0. The number of phenolic OH excluding ortho intramolecular Hbond substituents is 1. The summed E-state index contributed by atoms with van der Waals surface area (Å²) in [6.07, 6.45) is 1.01. The van der Waals surface area contributed by atoms with Crippen LogP contribution in [0.1, 0.15) is 6.42 Å². The number of hydrogen-bond acceptors (Lipinski definition) is 4. The molecule has 1 unspecified atom stereocenters. The Morgan fingerprint density at radius 2 is 2.24 bits per heavy atom. The van der Waals surface area contributed by atoms with E-state index in [2.05, 4.69) is 10.6 Å². The smallest absolute Gasteiger partial charge is 0.230 e. The van der Waals surface area contributed by atoms with E-state index in [0.717, 1.165) is 24.4 Å². The van der Waals surface area contributed by atoms with Crippen LogP contribution in [0.15, 0.2) is 29.2 Å². The molecular weight excluding hydrogens is 236 g/mol. The van der Waals surface area contributed by atoms with Crippen molar-refractivity contribution in [3.05, 3.63) is 24.3 Å². The molecule has 2 rings (SSSR count). The maximum atomic E-state index is 11.6. The van der Waals surface area contributed by atoms with E-state index in [-0.39, 0.29) is 17.7 Å². The van der Waals surface area contributed by atoms with Crippen LogP contribution in [0.3, 0.4) is 0 Å². The Morgan fingerprint density at radius 1 is 1.47 bits per heavy atom. The summed E-state index contributed by atoms with van der Waals surface area (Å²) in [7, 11) is 0. The number of rotatable bonds is 4. The number of nitrogens with one attached hydrogen (secondary N) is 2. The third kappa shape index (κ3) is 3.94. The van der Waals surface area contributed by atoms with Gasteiger partial charge < -0.3 is 15.7 Å². The first-order valence-corrected chi connectivity index (χ1v) is 6.64. The Bertz CT molecular complexity index is 375. The zero-order valence-corrected chi connectivity index (χ0v) is 10.3. The highest BCUT2D eigenvalue weighted by atomic mass is 32.2. The van der Waals surface area contributed by atoms with Crippen molar-refractivity contribution in [3.63, 3.8) is 0 Å². The Kier molecular flexibility index (Phi) is 4.28. The normalized spacial score (nSPS) is 19.2. The third-order valence-corrected chi connectivity index (χ3v) is 3.64. The Hall–Kier alpha value is -1.20. The summed E-state index contributed by atoms with van der Waals surface area (Å²) >= 11 is 1.48. The molecule has 1 amide bonds. The van der Waals surface area contributed by atoms with E-state index in [1.165, 1.54) is 11.8 Å². The van der Waals surface area contributed by atoms with Gasteiger partial charge in [0.25, 0.3) is 0 Å². The van der Waals surface area contributed by atoms with Crippen LogP contribution < -0.4 is 10.6 Å². The zero-order chi connectivity index (χ0) is 12.1. The SMILES string of the molecule is O=C(CSc1ccc(O)cc1)NC1CCNC1. The van der Waals surface area contributed by atoms with Gasteiger partial charge in [-0.1, -0.05) is 0 Å². The van der Waals surface area contributed by atoms with E-state index in [1.54, 1.807) is 12.1 Å². The summed E-state index contributed by atoms with van der Waals surface area (Å²) in [4.78, 5) is 12.6. The summed E-state index contributed by atoms with van der Waals surface area (Å²) in [5.41, 5.74) is 0. The van der Waals surface area contributed by atoms with Crippen LogP contribution in [-0.2, 0) is 4.79 Å². The minimum absolute atomic E-state index is 0.0665. The standard InChI is InChI=1S/C12H16N2O2S/c15-10-1-3-11(4-2-10)17-8-12(16)14-9-5-6-13-7-9/h1-4,9,13,15H,5-8H2,(H,14,16). The number of hydrogen-bond donors (Lipinski definition) is 3. The molecule has 0 aliphatic carbocycles. The van der Waals surface area contributed by atoms with E-state index in [9.17, 15) is 4.79 Å². The van der Waals surface area contributed by atoms with Gasteiger partial charge in [-0.25, -0.2) is 0 Å². The van der Waals surface area contributed by atoms with Gasteiger partial charge in [-0.3, -0.25) is 4.79 Å². The van der Waals surface area contributed by atoms with Gasteiger partial charge in [-0.05, 0) is 37.2 Å². The molecule has 17 heavy (non-hydrogen) atoms. The molecule has 1 heterocycles. The summed E-state index contributed by atoms with van der Waals surface area (Å²) in [6, 6.07) is 7.15.